The number of benzene rings is 1. The Hall–Kier alpha value is -1.83. The summed E-state index contributed by atoms with van der Waals surface area (Å²) in [6.07, 6.45) is 13.2. The predicted molar refractivity (Wildman–Crippen MR) is 99.0 cm³/mol. The van der Waals surface area contributed by atoms with E-state index in [9.17, 15) is 0 Å². The summed E-state index contributed by atoms with van der Waals surface area (Å²) in [5.41, 5.74) is 3.75. The Kier molecular flexibility index (Phi) is 4.70. The fraction of sp³-hybridized carbons (Fsp3) is 0.476. The first-order chi connectivity index (χ1) is 11.0. The van der Waals surface area contributed by atoms with Gasteiger partial charge in [0.1, 0.15) is 0 Å². The first kappa shape index (κ1) is 16.0. The summed E-state index contributed by atoms with van der Waals surface area (Å²) < 4.78 is 2.38. The van der Waals surface area contributed by atoms with Crippen LogP contribution in [-0.2, 0) is 5.41 Å². The monoisotopic (exact) mass is 308 g/mol. The number of aromatic nitrogens is 1. The second-order valence-corrected chi connectivity index (χ2v) is 7.74. The quantitative estimate of drug-likeness (QED) is 0.615. The van der Waals surface area contributed by atoms with Gasteiger partial charge in [0.2, 0.25) is 0 Å². The molecule has 2 nitrogen and oxygen atoms in total. The standard InChI is InChI=1S/C21H28N2/c1-21(2,3)18-9-11-19(12-10-18)22-15-17-13-14-23(16-17)20-7-5-4-6-8-20/h9-16,20H,4-8H2,1-3H3. The molecule has 2 heteroatoms. The molecule has 0 aliphatic heterocycles. The largest absolute Gasteiger partial charge is 0.351 e. The minimum Gasteiger partial charge on any atom is -0.351 e. The van der Waals surface area contributed by atoms with Crippen LogP contribution in [0.15, 0.2) is 47.7 Å². The highest BCUT2D eigenvalue weighted by Crippen LogP contribution is 2.28. The number of hydrogen-bond donors (Lipinski definition) is 0. The molecule has 0 unspecified atom stereocenters. The molecule has 1 aliphatic rings. The molecule has 0 bridgehead atoms. The lowest BCUT2D eigenvalue weighted by atomic mass is 9.87. The minimum atomic E-state index is 0.194. The third-order valence-corrected chi connectivity index (χ3v) is 4.83. The van der Waals surface area contributed by atoms with Crippen LogP contribution in [0.3, 0.4) is 0 Å². The molecule has 0 spiro atoms. The second kappa shape index (κ2) is 6.74. The molecule has 0 radical (unpaired) electrons. The topological polar surface area (TPSA) is 17.3 Å². The maximum absolute atomic E-state index is 4.62. The fourth-order valence-electron chi connectivity index (χ4n) is 3.31. The van der Waals surface area contributed by atoms with Crippen molar-refractivity contribution in [1.82, 2.24) is 4.57 Å². The van der Waals surface area contributed by atoms with Crippen LogP contribution < -0.4 is 0 Å². The van der Waals surface area contributed by atoms with Crippen LogP contribution in [0, 0.1) is 0 Å². The van der Waals surface area contributed by atoms with E-state index >= 15 is 0 Å². The van der Waals surface area contributed by atoms with E-state index < -0.39 is 0 Å². The van der Waals surface area contributed by atoms with Crippen molar-refractivity contribution in [3.63, 3.8) is 0 Å². The molecule has 1 aromatic carbocycles. The molecule has 1 fully saturated rings. The third kappa shape index (κ3) is 4.13. The van der Waals surface area contributed by atoms with Gasteiger partial charge in [0.25, 0.3) is 0 Å². The van der Waals surface area contributed by atoms with Gasteiger partial charge in [-0.1, -0.05) is 52.2 Å². The Morgan fingerprint density at radius 3 is 2.35 bits per heavy atom. The molecular weight excluding hydrogens is 280 g/mol. The molecule has 1 aromatic heterocycles. The molecule has 0 N–H and O–H groups in total. The van der Waals surface area contributed by atoms with Gasteiger partial charge in [0.05, 0.1) is 5.69 Å². The smallest absolute Gasteiger partial charge is 0.0630 e. The zero-order valence-corrected chi connectivity index (χ0v) is 14.6. The van der Waals surface area contributed by atoms with Crippen LogP contribution in [0.2, 0.25) is 0 Å². The van der Waals surface area contributed by atoms with Gasteiger partial charge < -0.3 is 4.57 Å². The van der Waals surface area contributed by atoms with Crippen molar-refractivity contribution in [3.8, 4) is 0 Å². The maximum atomic E-state index is 4.62. The number of rotatable bonds is 3. The summed E-state index contributed by atoms with van der Waals surface area (Å²) in [5.74, 6) is 0. The average Bonchev–Trinajstić information content (AvgIpc) is 3.02. The van der Waals surface area contributed by atoms with E-state index in [-0.39, 0.29) is 5.41 Å². The van der Waals surface area contributed by atoms with Crippen LogP contribution in [0.5, 0.6) is 0 Å². The molecule has 122 valence electrons. The molecule has 1 aliphatic carbocycles. The van der Waals surface area contributed by atoms with Crippen molar-refractivity contribution in [1.29, 1.82) is 0 Å². The molecule has 3 rings (SSSR count). The van der Waals surface area contributed by atoms with E-state index in [0.717, 1.165) is 5.69 Å². The van der Waals surface area contributed by atoms with Gasteiger partial charge >= 0.3 is 0 Å². The molecule has 23 heavy (non-hydrogen) atoms. The Balaban J connectivity index is 1.67. The Bertz CT molecular complexity index is 650. The van der Waals surface area contributed by atoms with Crippen molar-refractivity contribution < 1.29 is 0 Å². The van der Waals surface area contributed by atoms with E-state index in [2.05, 4.69) is 73.1 Å². The normalized spacial score (nSPS) is 17.0. The molecular formula is C21H28N2. The zero-order valence-electron chi connectivity index (χ0n) is 14.6. The molecule has 2 aromatic rings. The summed E-state index contributed by atoms with van der Waals surface area (Å²) in [6, 6.07) is 11.4. The van der Waals surface area contributed by atoms with Gasteiger partial charge in [0.15, 0.2) is 0 Å². The van der Waals surface area contributed by atoms with Crippen molar-refractivity contribution in [2.45, 2.75) is 64.3 Å². The average molecular weight is 308 g/mol. The minimum absolute atomic E-state index is 0.194. The third-order valence-electron chi connectivity index (χ3n) is 4.83. The van der Waals surface area contributed by atoms with Gasteiger partial charge in [-0.2, -0.15) is 0 Å². The van der Waals surface area contributed by atoms with Crippen molar-refractivity contribution in [2.75, 3.05) is 0 Å². The highest BCUT2D eigenvalue weighted by Gasteiger charge is 2.14. The number of nitrogens with zero attached hydrogens (tertiary/aromatic N) is 2. The van der Waals surface area contributed by atoms with Crippen LogP contribution in [0.4, 0.5) is 5.69 Å². The maximum Gasteiger partial charge on any atom is 0.0630 e. The van der Waals surface area contributed by atoms with Gasteiger partial charge in [-0.3, -0.25) is 4.99 Å². The Morgan fingerprint density at radius 1 is 1.00 bits per heavy atom. The summed E-state index contributed by atoms with van der Waals surface area (Å²) in [5, 5.41) is 0. The van der Waals surface area contributed by atoms with E-state index in [1.807, 2.05) is 6.21 Å². The van der Waals surface area contributed by atoms with E-state index in [1.165, 1.54) is 43.2 Å². The van der Waals surface area contributed by atoms with E-state index in [1.54, 1.807) is 0 Å². The Labute approximate surface area is 140 Å². The highest BCUT2D eigenvalue weighted by atomic mass is 15.0. The lowest BCUT2D eigenvalue weighted by Gasteiger charge is -2.23. The van der Waals surface area contributed by atoms with Crippen molar-refractivity contribution in [3.05, 3.63) is 53.9 Å². The number of aliphatic imine (C=N–C) groups is 1. The van der Waals surface area contributed by atoms with Crippen LogP contribution in [0.1, 0.15) is 70.0 Å². The van der Waals surface area contributed by atoms with Crippen molar-refractivity contribution >= 4 is 11.9 Å². The van der Waals surface area contributed by atoms with Crippen LogP contribution in [0.25, 0.3) is 0 Å². The zero-order chi connectivity index (χ0) is 16.3. The SMILES string of the molecule is CC(C)(C)c1ccc(N=Cc2ccn(C3CCCCC3)c2)cc1. The first-order valence-corrected chi connectivity index (χ1v) is 8.84. The van der Waals surface area contributed by atoms with Gasteiger partial charge in [-0.15, -0.1) is 0 Å². The lowest BCUT2D eigenvalue weighted by molar-refractivity contribution is 0.354. The van der Waals surface area contributed by atoms with Crippen molar-refractivity contribution in [2.24, 2.45) is 4.99 Å². The molecule has 0 saturated heterocycles. The molecule has 0 atom stereocenters. The fourth-order valence-corrected chi connectivity index (χ4v) is 3.31. The molecule has 1 heterocycles. The van der Waals surface area contributed by atoms with E-state index in [4.69, 9.17) is 0 Å². The van der Waals surface area contributed by atoms with E-state index in [0.29, 0.717) is 6.04 Å². The van der Waals surface area contributed by atoms with Crippen LogP contribution >= 0.6 is 0 Å². The summed E-state index contributed by atoms with van der Waals surface area (Å²) in [7, 11) is 0. The molecule has 1 saturated carbocycles. The Morgan fingerprint density at radius 2 is 1.70 bits per heavy atom. The lowest BCUT2D eigenvalue weighted by Crippen LogP contribution is -2.10. The highest BCUT2D eigenvalue weighted by molar-refractivity contribution is 5.81. The van der Waals surface area contributed by atoms with Gasteiger partial charge in [-0.05, 0) is 42.0 Å². The summed E-state index contributed by atoms with van der Waals surface area (Å²) in [4.78, 5) is 4.62. The van der Waals surface area contributed by atoms with Gasteiger partial charge in [-0.25, -0.2) is 0 Å². The first-order valence-electron chi connectivity index (χ1n) is 8.84. The van der Waals surface area contributed by atoms with Gasteiger partial charge in [0, 0.05) is 30.2 Å². The molecule has 0 amide bonds. The summed E-state index contributed by atoms with van der Waals surface area (Å²) >= 11 is 0. The number of hydrogen-bond acceptors (Lipinski definition) is 1. The predicted octanol–water partition coefficient (Wildman–Crippen LogP) is 6.04. The summed E-state index contributed by atoms with van der Waals surface area (Å²) in [6.45, 7) is 6.71. The van der Waals surface area contributed by atoms with Crippen LogP contribution in [-0.4, -0.2) is 10.8 Å². The second-order valence-electron chi connectivity index (χ2n) is 7.74.